The van der Waals surface area contributed by atoms with Gasteiger partial charge in [0.2, 0.25) is 0 Å². The third kappa shape index (κ3) is 2.94. The van der Waals surface area contributed by atoms with Gasteiger partial charge in [0.1, 0.15) is 0 Å². The van der Waals surface area contributed by atoms with Crippen molar-refractivity contribution < 1.29 is 0 Å². The maximum absolute atomic E-state index is 2.50. The zero-order valence-corrected chi connectivity index (χ0v) is 20.2. The highest BCUT2D eigenvalue weighted by atomic mass is 14.2. The Labute approximate surface area is 210 Å². The summed E-state index contributed by atoms with van der Waals surface area (Å²) in [6.45, 7) is 0. The molecule has 7 aromatic rings. The van der Waals surface area contributed by atoms with Crippen molar-refractivity contribution in [2.45, 2.75) is 25.7 Å². The van der Waals surface area contributed by atoms with Crippen molar-refractivity contribution in [3.05, 3.63) is 120 Å². The summed E-state index contributed by atoms with van der Waals surface area (Å²) in [6, 6.07) is 41.1. The summed E-state index contributed by atoms with van der Waals surface area (Å²) in [5, 5.41) is 13.4. The SMILES string of the molecule is c1ccc2cc3cc4c(-c5cc6c(ccc7ccccc76)c6c5CCCC6)cccc4cc3cc2c1. The average molecular weight is 459 g/mol. The minimum absolute atomic E-state index is 1.17. The van der Waals surface area contributed by atoms with E-state index in [1.807, 2.05) is 0 Å². The van der Waals surface area contributed by atoms with Crippen molar-refractivity contribution in [2.24, 2.45) is 0 Å². The molecule has 0 bridgehead atoms. The highest BCUT2D eigenvalue weighted by Crippen LogP contribution is 2.42. The number of hydrogen-bond donors (Lipinski definition) is 0. The summed E-state index contributed by atoms with van der Waals surface area (Å²) in [5.74, 6) is 0. The Bertz CT molecular complexity index is 1990. The summed E-state index contributed by atoms with van der Waals surface area (Å²) in [6.07, 6.45) is 4.91. The fourth-order valence-corrected chi connectivity index (χ4v) is 6.64. The van der Waals surface area contributed by atoms with E-state index >= 15 is 0 Å². The number of fused-ring (bicyclic) bond motifs is 8. The molecule has 1 aliphatic rings. The summed E-state index contributed by atoms with van der Waals surface area (Å²) in [7, 11) is 0. The minimum atomic E-state index is 1.17. The lowest BCUT2D eigenvalue weighted by Crippen LogP contribution is -2.06. The molecule has 0 saturated carbocycles. The summed E-state index contributed by atoms with van der Waals surface area (Å²) in [5.41, 5.74) is 5.94. The number of benzene rings is 7. The first-order chi connectivity index (χ1) is 17.8. The molecule has 0 unspecified atom stereocenters. The van der Waals surface area contributed by atoms with Gasteiger partial charge in [0.25, 0.3) is 0 Å². The van der Waals surface area contributed by atoms with Crippen LogP contribution in [0.1, 0.15) is 24.0 Å². The highest BCUT2D eigenvalue weighted by molar-refractivity contribution is 6.13. The molecule has 0 aromatic heterocycles. The Hall–Kier alpha value is -4.16. The van der Waals surface area contributed by atoms with Crippen LogP contribution in [0.25, 0.3) is 65.0 Å². The molecule has 0 heterocycles. The number of aryl methyl sites for hydroxylation is 1. The summed E-state index contributed by atoms with van der Waals surface area (Å²) < 4.78 is 0. The van der Waals surface area contributed by atoms with E-state index in [1.165, 1.54) is 90.7 Å². The van der Waals surface area contributed by atoms with Gasteiger partial charge in [0, 0.05) is 0 Å². The van der Waals surface area contributed by atoms with Gasteiger partial charge in [-0.1, -0.05) is 78.9 Å². The molecule has 0 atom stereocenters. The molecule has 0 fully saturated rings. The molecule has 0 amide bonds. The lowest BCUT2D eigenvalue weighted by atomic mass is 9.80. The molecule has 0 nitrogen and oxygen atoms in total. The predicted molar refractivity (Wildman–Crippen MR) is 156 cm³/mol. The van der Waals surface area contributed by atoms with Crippen LogP contribution in [0.4, 0.5) is 0 Å². The molecule has 0 spiro atoms. The Morgan fingerprint density at radius 3 is 1.83 bits per heavy atom. The first kappa shape index (κ1) is 20.1. The zero-order valence-electron chi connectivity index (χ0n) is 20.2. The van der Waals surface area contributed by atoms with E-state index in [1.54, 1.807) is 11.1 Å². The molecule has 7 aromatic carbocycles. The normalized spacial score (nSPS) is 13.7. The van der Waals surface area contributed by atoms with Gasteiger partial charge in [0.05, 0.1) is 0 Å². The van der Waals surface area contributed by atoms with Crippen LogP contribution in [0.5, 0.6) is 0 Å². The van der Waals surface area contributed by atoms with Gasteiger partial charge in [-0.3, -0.25) is 0 Å². The first-order valence-corrected chi connectivity index (χ1v) is 13.2. The van der Waals surface area contributed by atoms with E-state index in [2.05, 4.69) is 109 Å². The number of hydrogen-bond acceptors (Lipinski definition) is 0. The van der Waals surface area contributed by atoms with Crippen molar-refractivity contribution in [3.63, 3.8) is 0 Å². The van der Waals surface area contributed by atoms with Gasteiger partial charge in [0.15, 0.2) is 0 Å². The van der Waals surface area contributed by atoms with E-state index < -0.39 is 0 Å². The molecule has 0 radical (unpaired) electrons. The Morgan fingerprint density at radius 2 is 1.00 bits per heavy atom. The lowest BCUT2D eigenvalue weighted by molar-refractivity contribution is 0.691. The smallest absolute Gasteiger partial charge is 0.00963 e. The summed E-state index contributed by atoms with van der Waals surface area (Å²) >= 11 is 0. The molecule has 1 aliphatic carbocycles. The van der Waals surface area contributed by atoms with Crippen molar-refractivity contribution in [3.8, 4) is 11.1 Å². The van der Waals surface area contributed by atoms with E-state index in [0.29, 0.717) is 0 Å². The van der Waals surface area contributed by atoms with E-state index in [4.69, 9.17) is 0 Å². The Morgan fingerprint density at radius 1 is 0.333 bits per heavy atom. The van der Waals surface area contributed by atoms with Crippen LogP contribution in [0.15, 0.2) is 109 Å². The highest BCUT2D eigenvalue weighted by Gasteiger charge is 2.20. The second-order valence-electron chi connectivity index (χ2n) is 10.4. The van der Waals surface area contributed by atoms with Crippen LogP contribution in [0.2, 0.25) is 0 Å². The average Bonchev–Trinajstić information content (AvgIpc) is 2.94. The van der Waals surface area contributed by atoms with Crippen LogP contribution < -0.4 is 0 Å². The van der Waals surface area contributed by atoms with Crippen LogP contribution in [0.3, 0.4) is 0 Å². The van der Waals surface area contributed by atoms with E-state index in [0.717, 1.165) is 0 Å². The molecular formula is C36H26. The van der Waals surface area contributed by atoms with Crippen LogP contribution in [-0.4, -0.2) is 0 Å². The Balaban J connectivity index is 1.47. The van der Waals surface area contributed by atoms with Crippen LogP contribution in [-0.2, 0) is 12.8 Å². The van der Waals surface area contributed by atoms with Gasteiger partial charge in [-0.05, 0) is 132 Å². The maximum atomic E-state index is 2.50. The van der Waals surface area contributed by atoms with Gasteiger partial charge in [-0.25, -0.2) is 0 Å². The van der Waals surface area contributed by atoms with Crippen molar-refractivity contribution in [1.82, 2.24) is 0 Å². The zero-order chi connectivity index (χ0) is 23.6. The molecular weight excluding hydrogens is 432 g/mol. The quantitative estimate of drug-likeness (QED) is 0.170. The lowest BCUT2D eigenvalue weighted by Gasteiger charge is -2.24. The van der Waals surface area contributed by atoms with Crippen LogP contribution >= 0.6 is 0 Å². The third-order valence-corrected chi connectivity index (χ3v) is 8.37. The number of rotatable bonds is 1. The van der Waals surface area contributed by atoms with Gasteiger partial charge < -0.3 is 0 Å². The fourth-order valence-electron chi connectivity index (χ4n) is 6.64. The standard InChI is InChI=1S/C36H26/c1-2-10-25-19-28-21-34-26(20-27(28)18-24(25)9-1)11-7-15-32(34)36-22-35-29-12-4-3-8-23(29)16-17-33(35)30-13-5-6-14-31(30)36/h1-4,7-12,15-22H,5-6,13-14H2. The Kier molecular flexibility index (Phi) is 4.28. The maximum Gasteiger partial charge on any atom is -0.00963 e. The molecule has 0 saturated heterocycles. The van der Waals surface area contributed by atoms with Gasteiger partial charge >= 0.3 is 0 Å². The molecule has 0 N–H and O–H groups in total. The predicted octanol–water partition coefficient (Wildman–Crippen LogP) is 10.00. The van der Waals surface area contributed by atoms with E-state index in [-0.39, 0.29) is 0 Å². The molecule has 8 rings (SSSR count). The molecule has 0 aliphatic heterocycles. The molecule has 170 valence electrons. The first-order valence-electron chi connectivity index (χ1n) is 13.2. The largest absolute Gasteiger partial charge is 0.0616 e. The van der Waals surface area contributed by atoms with Crippen molar-refractivity contribution in [2.75, 3.05) is 0 Å². The van der Waals surface area contributed by atoms with Crippen molar-refractivity contribution in [1.29, 1.82) is 0 Å². The van der Waals surface area contributed by atoms with E-state index in [9.17, 15) is 0 Å². The molecule has 0 heteroatoms. The third-order valence-electron chi connectivity index (χ3n) is 8.37. The second-order valence-corrected chi connectivity index (χ2v) is 10.4. The fraction of sp³-hybridized carbons (Fsp3) is 0.111. The molecule has 36 heavy (non-hydrogen) atoms. The monoisotopic (exact) mass is 458 g/mol. The summed E-state index contributed by atoms with van der Waals surface area (Å²) in [4.78, 5) is 0. The van der Waals surface area contributed by atoms with Crippen molar-refractivity contribution >= 4 is 53.9 Å². The van der Waals surface area contributed by atoms with Gasteiger partial charge in [-0.15, -0.1) is 0 Å². The van der Waals surface area contributed by atoms with Crippen LogP contribution in [0, 0.1) is 0 Å². The van der Waals surface area contributed by atoms with Gasteiger partial charge in [-0.2, -0.15) is 0 Å². The topological polar surface area (TPSA) is 0 Å². The minimum Gasteiger partial charge on any atom is -0.0616 e. The second kappa shape index (κ2) is 7.67.